The van der Waals surface area contributed by atoms with Gasteiger partial charge in [0.25, 0.3) is 0 Å². The smallest absolute Gasteiger partial charge is 0.306 e. The van der Waals surface area contributed by atoms with Gasteiger partial charge in [-0.3, -0.25) is 14.4 Å². The van der Waals surface area contributed by atoms with Crippen molar-refractivity contribution in [3.63, 3.8) is 0 Å². The van der Waals surface area contributed by atoms with Crippen molar-refractivity contribution < 1.29 is 33.3 Å². The van der Waals surface area contributed by atoms with E-state index < -0.39 is 29.0 Å². The minimum Gasteiger partial charge on any atom is -0.493 e. The quantitative estimate of drug-likeness (QED) is 0.631. The van der Waals surface area contributed by atoms with Gasteiger partial charge in [-0.15, -0.1) is 0 Å². The van der Waals surface area contributed by atoms with Gasteiger partial charge < -0.3 is 18.9 Å². The van der Waals surface area contributed by atoms with Crippen molar-refractivity contribution in [3.05, 3.63) is 11.8 Å². The van der Waals surface area contributed by atoms with Crippen LogP contribution in [0.3, 0.4) is 0 Å². The largest absolute Gasteiger partial charge is 0.493 e. The summed E-state index contributed by atoms with van der Waals surface area (Å²) in [5.74, 6) is -0.817. The minimum atomic E-state index is -0.843. The zero-order chi connectivity index (χ0) is 22.9. The lowest BCUT2D eigenvalue weighted by molar-refractivity contribution is -0.283. The summed E-state index contributed by atoms with van der Waals surface area (Å²) in [5, 5.41) is 0. The number of hydrogen-bond donors (Lipinski definition) is 0. The molecule has 172 valence electrons. The van der Waals surface area contributed by atoms with Crippen LogP contribution in [0.15, 0.2) is 11.8 Å². The number of allylic oxidation sites excluding steroid dienone is 2. The highest BCUT2D eigenvalue weighted by molar-refractivity contribution is 5.99. The van der Waals surface area contributed by atoms with Crippen LogP contribution in [0.5, 0.6) is 0 Å². The Morgan fingerprint density at radius 1 is 1.13 bits per heavy atom. The van der Waals surface area contributed by atoms with Crippen LogP contribution in [0.1, 0.15) is 47.5 Å². The van der Waals surface area contributed by atoms with Crippen molar-refractivity contribution in [3.8, 4) is 0 Å². The second-order valence-electron chi connectivity index (χ2n) is 10.3. The van der Waals surface area contributed by atoms with Crippen LogP contribution in [0, 0.1) is 40.4 Å². The maximum atomic E-state index is 13.9. The number of Topliss-reactive ketones (excluding diaryl/α,β-unsaturated/α-hetero) is 1. The van der Waals surface area contributed by atoms with Gasteiger partial charge >= 0.3 is 11.9 Å². The number of ether oxygens (including phenoxy) is 4. The van der Waals surface area contributed by atoms with Gasteiger partial charge in [0.15, 0.2) is 5.76 Å². The Morgan fingerprint density at radius 3 is 2.39 bits per heavy atom. The number of ketones is 1. The molecule has 4 rings (SSSR count). The molecule has 1 saturated heterocycles. The fourth-order valence-corrected chi connectivity index (χ4v) is 7.83. The lowest BCUT2D eigenvalue weighted by Crippen LogP contribution is -2.74. The molecule has 0 bridgehead atoms. The summed E-state index contributed by atoms with van der Waals surface area (Å²) in [6.45, 7) is 9.61. The molecule has 7 heteroatoms. The molecule has 0 N–H and O–H groups in total. The molecule has 0 aromatic heterocycles. The van der Waals surface area contributed by atoms with Gasteiger partial charge in [-0.25, -0.2) is 0 Å². The summed E-state index contributed by atoms with van der Waals surface area (Å²) in [5.41, 5.74) is -1.37. The van der Waals surface area contributed by atoms with Crippen LogP contribution in [-0.4, -0.2) is 50.3 Å². The van der Waals surface area contributed by atoms with E-state index in [0.29, 0.717) is 12.2 Å². The van der Waals surface area contributed by atoms with E-state index in [-0.39, 0.29) is 53.9 Å². The molecule has 3 aliphatic carbocycles. The fourth-order valence-electron chi connectivity index (χ4n) is 7.83. The average molecular weight is 435 g/mol. The van der Waals surface area contributed by atoms with Gasteiger partial charge in [0.05, 0.1) is 13.2 Å². The van der Waals surface area contributed by atoms with E-state index in [1.54, 1.807) is 7.11 Å². The zero-order valence-corrected chi connectivity index (χ0v) is 19.5. The van der Waals surface area contributed by atoms with Crippen molar-refractivity contribution in [1.29, 1.82) is 0 Å². The van der Waals surface area contributed by atoms with Gasteiger partial charge in [0, 0.05) is 37.2 Å². The molecule has 31 heavy (non-hydrogen) atoms. The van der Waals surface area contributed by atoms with Gasteiger partial charge in [0.2, 0.25) is 5.78 Å². The molecule has 4 aliphatic rings. The van der Waals surface area contributed by atoms with Crippen LogP contribution >= 0.6 is 0 Å². The minimum absolute atomic E-state index is 0.0413. The Bertz CT molecular complexity index is 834. The molecule has 0 radical (unpaired) electrons. The van der Waals surface area contributed by atoms with E-state index in [1.807, 2.05) is 19.9 Å². The average Bonchev–Trinajstić information content (AvgIpc) is 2.69. The number of carbonyl (C=O) groups is 3. The summed E-state index contributed by atoms with van der Waals surface area (Å²) < 4.78 is 23.3. The summed E-state index contributed by atoms with van der Waals surface area (Å²) in [6, 6.07) is 0. The Morgan fingerprint density at radius 2 is 1.81 bits per heavy atom. The highest BCUT2D eigenvalue weighted by Crippen LogP contribution is 2.68. The van der Waals surface area contributed by atoms with Gasteiger partial charge in [-0.2, -0.15) is 0 Å². The maximum absolute atomic E-state index is 13.9. The normalized spacial score (nSPS) is 48.7. The first-order valence-electron chi connectivity index (χ1n) is 11.2. The third-order valence-corrected chi connectivity index (χ3v) is 9.07. The topological polar surface area (TPSA) is 88.1 Å². The van der Waals surface area contributed by atoms with E-state index in [4.69, 9.17) is 18.9 Å². The molecule has 2 saturated carbocycles. The van der Waals surface area contributed by atoms with E-state index in [0.717, 1.165) is 0 Å². The Kier molecular flexibility index (Phi) is 5.27. The molecule has 1 aliphatic heterocycles. The van der Waals surface area contributed by atoms with Gasteiger partial charge in [-0.05, 0) is 36.2 Å². The van der Waals surface area contributed by atoms with E-state index in [9.17, 15) is 14.4 Å². The highest BCUT2D eigenvalue weighted by Gasteiger charge is 2.74. The first-order chi connectivity index (χ1) is 14.5. The zero-order valence-electron chi connectivity index (χ0n) is 19.5. The van der Waals surface area contributed by atoms with Crippen LogP contribution < -0.4 is 0 Å². The molecule has 3 fully saturated rings. The number of fused-ring (bicyclic) bond motifs is 2. The van der Waals surface area contributed by atoms with Crippen molar-refractivity contribution in [2.45, 2.75) is 65.8 Å². The van der Waals surface area contributed by atoms with Crippen molar-refractivity contribution in [2.24, 2.45) is 40.4 Å². The van der Waals surface area contributed by atoms with Gasteiger partial charge in [-0.1, -0.05) is 27.7 Å². The first-order valence-corrected chi connectivity index (χ1v) is 11.2. The number of esters is 2. The Labute approximate surface area is 183 Å². The number of methoxy groups -OCH3 is 2. The molecule has 10 atom stereocenters. The first kappa shape index (κ1) is 22.3. The SMILES string of the molecule is COC1=CC(C)C2C[C@H]3OC(=O)C[C@H]4[C@@H](C)[C@H](OC)C(OC(C)=O)C([C@@]2(C)C1=O)[C@@]34C. The summed E-state index contributed by atoms with van der Waals surface area (Å²) in [4.78, 5) is 38.7. The highest BCUT2D eigenvalue weighted by atomic mass is 16.6. The van der Waals surface area contributed by atoms with Crippen molar-refractivity contribution in [1.82, 2.24) is 0 Å². The number of carbonyl (C=O) groups excluding carboxylic acids is 3. The molecule has 0 aromatic carbocycles. The number of rotatable bonds is 3. The molecule has 1 heterocycles. The van der Waals surface area contributed by atoms with E-state index in [2.05, 4.69) is 13.8 Å². The third-order valence-electron chi connectivity index (χ3n) is 9.07. The lowest BCUT2D eigenvalue weighted by atomic mass is 9.38. The molecule has 7 nitrogen and oxygen atoms in total. The van der Waals surface area contributed by atoms with Crippen LogP contribution in [0.4, 0.5) is 0 Å². The van der Waals surface area contributed by atoms with Crippen LogP contribution in [0.25, 0.3) is 0 Å². The summed E-state index contributed by atoms with van der Waals surface area (Å²) in [7, 11) is 3.12. The predicted molar refractivity (Wildman–Crippen MR) is 111 cm³/mol. The maximum Gasteiger partial charge on any atom is 0.306 e. The summed E-state index contributed by atoms with van der Waals surface area (Å²) in [6.07, 6.45) is 1.36. The number of hydrogen-bond acceptors (Lipinski definition) is 7. The molecular formula is C24H34O7. The van der Waals surface area contributed by atoms with Crippen molar-refractivity contribution >= 4 is 17.7 Å². The molecule has 0 spiro atoms. The third kappa shape index (κ3) is 2.84. The van der Waals surface area contributed by atoms with Gasteiger partial charge in [0.1, 0.15) is 12.2 Å². The molecular weight excluding hydrogens is 400 g/mol. The Balaban J connectivity index is 1.96. The summed E-state index contributed by atoms with van der Waals surface area (Å²) >= 11 is 0. The lowest BCUT2D eigenvalue weighted by Gasteiger charge is -2.68. The van der Waals surface area contributed by atoms with Crippen LogP contribution in [0.2, 0.25) is 0 Å². The van der Waals surface area contributed by atoms with E-state index >= 15 is 0 Å². The second kappa shape index (κ2) is 7.32. The fraction of sp³-hybridized carbons (Fsp3) is 0.792. The van der Waals surface area contributed by atoms with Crippen LogP contribution in [-0.2, 0) is 33.3 Å². The van der Waals surface area contributed by atoms with Crippen molar-refractivity contribution in [2.75, 3.05) is 14.2 Å². The molecule has 0 amide bonds. The monoisotopic (exact) mass is 434 g/mol. The predicted octanol–water partition coefficient (Wildman–Crippen LogP) is 2.91. The second-order valence-corrected chi connectivity index (χ2v) is 10.3. The van der Waals surface area contributed by atoms with E-state index in [1.165, 1.54) is 14.0 Å². The standard InChI is InChI=1S/C24H34O7/c1-11-8-16(28-6)22(27)24(5)14(11)9-17-23(4)15(10-18(26)31-17)12(2)19(29-7)20(21(23)24)30-13(3)25/h8,11-12,14-15,17,19-21H,9-10H2,1-7H3/t11?,12-,14?,15+,17-,19+,20?,21?,23-,24+/m1/s1. The molecule has 4 unspecified atom stereocenters. The Hall–Kier alpha value is -1.89. The molecule has 0 aromatic rings.